The van der Waals surface area contributed by atoms with E-state index in [0.717, 1.165) is 25.3 Å². The summed E-state index contributed by atoms with van der Waals surface area (Å²) in [6.07, 6.45) is 1.96. The molecule has 1 atom stereocenters. The minimum absolute atomic E-state index is 0. The van der Waals surface area contributed by atoms with Crippen LogP contribution < -0.4 is 16.0 Å². The van der Waals surface area contributed by atoms with Crippen molar-refractivity contribution in [1.82, 2.24) is 16.0 Å². The van der Waals surface area contributed by atoms with E-state index >= 15 is 0 Å². The number of hydrogen-bond donors (Lipinski definition) is 3. The number of amides is 1. The Hall–Kier alpha value is -0.730. The highest BCUT2D eigenvalue weighted by Crippen LogP contribution is 2.32. The molecule has 1 aliphatic rings. The Bertz CT molecular complexity index is 333. The van der Waals surface area contributed by atoms with Crippen molar-refractivity contribution in [1.29, 1.82) is 0 Å². The van der Waals surface area contributed by atoms with Gasteiger partial charge in [-0.05, 0) is 46.5 Å². The third-order valence-electron chi connectivity index (χ3n) is 2.99. The van der Waals surface area contributed by atoms with Crippen LogP contribution in [0.1, 0.15) is 40.5 Å². The van der Waals surface area contributed by atoms with Crippen LogP contribution in [-0.4, -0.2) is 43.8 Å². The van der Waals surface area contributed by atoms with E-state index in [9.17, 15) is 4.79 Å². The zero-order valence-corrected chi connectivity index (χ0v) is 15.8. The van der Waals surface area contributed by atoms with E-state index < -0.39 is 0 Å². The van der Waals surface area contributed by atoms with Gasteiger partial charge >= 0.3 is 6.09 Å². The van der Waals surface area contributed by atoms with Crippen molar-refractivity contribution in [2.75, 3.05) is 19.7 Å². The molecule has 1 aliphatic carbocycles. The van der Waals surface area contributed by atoms with Crippen LogP contribution in [0, 0.1) is 5.92 Å². The van der Waals surface area contributed by atoms with Gasteiger partial charge in [0.1, 0.15) is 0 Å². The van der Waals surface area contributed by atoms with E-state index in [1.165, 1.54) is 0 Å². The van der Waals surface area contributed by atoms with E-state index in [4.69, 9.17) is 4.74 Å². The third kappa shape index (κ3) is 9.00. The fourth-order valence-corrected chi connectivity index (χ4v) is 1.92. The van der Waals surface area contributed by atoms with Crippen molar-refractivity contribution >= 4 is 36.0 Å². The summed E-state index contributed by atoms with van der Waals surface area (Å²) in [6, 6.07) is 0.391. The Labute approximate surface area is 144 Å². The van der Waals surface area contributed by atoms with E-state index in [0.29, 0.717) is 25.1 Å². The second kappa shape index (κ2) is 10.9. The second-order valence-corrected chi connectivity index (χ2v) is 5.33. The molecule has 0 aromatic carbocycles. The summed E-state index contributed by atoms with van der Waals surface area (Å²) in [4.78, 5) is 16.1. The predicted molar refractivity (Wildman–Crippen MR) is 96.3 cm³/mol. The van der Waals surface area contributed by atoms with Crippen molar-refractivity contribution in [3.05, 3.63) is 0 Å². The van der Waals surface area contributed by atoms with Crippen LogP contribution in [-0.2, 0) is 4.74 Å². The summed E-state index contributed by atoms with van der Waals surface area (Å²) in [7, 11) is 0. The highest BCUT2D eigenvalue weighted by atomic mass is 127. The lowest BCUT2D eigenvalue weighted by molar-refractivity contribution is 0.147. The van der Waals surface area contributed by atoms with Gasteiger partial charge in [0.25, 0.3) is 0 Å². The van der Waals surface area contributed by atoms with Crippen LogP contribution in [0.25, 0.3) is 0 Å². The van der Waals surface area contributed by atoms with Gasteiger partial charge in [-0.3, -0.25) is 4.99 Å². The molecule has 7 heteroatoms. The fourth-order valence-electron chi connectivity index (χ4n) is 1.92. The number of guanidine groups is 1. The Balaban J connectivity index is 0.00000400. The third-order valence-corrected chi connectivity index (χ3v) is 2.99. The number of rotatable bonds is 7. The van der Waals surface area contributed by atoms with Crippen LogP contribution in [0.5, 0.6) is 0 Å². The molecule has 1 amide bonds. The van der Waals surface area contributed by atoms with Crippen LogP contribution in [0.4, 0.5) is 4.79 Å². The normalized spacial score (nSPS) is 16.0. The average Bonchev–Trinajstić information content (AvgIpc) is 3.18. The van der Waals surface area contributed by atoms with Crippen LogP contribution in [0.2, 0.25) is 0 Å². The molecular weight excluding hydrogens is 383 g/mol. The molecule has 21 heavy (non-hydrogen) atoms. The lowest BCUT2D eigenvalue weighted by Crippen LogP contribution is -2.43. The Kier molecular flexibility index (Phi) is 10.5. The quantitative estimate of drug-likeness (QED) is 0.340. The summed E-state index contributed by atoms with van der Waals surface area (Å²) in [6.45, 7) is 9.77. The number of alkyl carbamates (subject to hydrolysis) is 1. The molecule has 1 fully saturated rings. The molecule has 0 aromatic rings. The number of hydrogen-bond acceptors (Lipinski definition) is 3. The standard InChI is InChI=1S/C14H28N4O2.HI/c1-5-15-13(17-10(3)4)16-9-12(11-7-8-11)18-14(19)20-6-2;/h10-12H,5-9H2,1-4H3,(H,18,19)(H2,15,16,17);1H. The van der Waals surface area contributed by atoms with Gasteiger partial charge in [0.2, 0.25) is 0 Å². The molecule has 1 saturated carbocycles. The second-order valence-electron chi connectivity index (χ2n) is 5.33. The Morgan fingerprint density at radius 2 is 1.95 bits per heavy atom. The van der Waals surface area contributed by atoms with Gasteiger partial charge in [0.05, 0.1) is 19.2 Å². The van der Waals surface area contributed by atoms with Gasteiger partial charge in [-0.1, -0.05) is 0 Å². The molecule has 0 spiro atoms. The van der Waals surface area contributed by atoms with Crippen molar-refractivity contribution in [2.24, 2.45) is 10.9 Å². The molecule has 0 bridgehead atoms. The molecule has 124 valence electrons. The smallest absolute Gasteiger partial charge is 0.407 e. The molecule has 0 aromatic heterocycles. The number of carbonyl (C=O) groups excluding carboxylic acids is 1. The summed E-state index contributed by atoms with van der Waals surface area (Å²) >= 11 is 0. The monoisotopic (exact) mass is 412 g/mol. The molecule has 0 saturated heterocycles. The van der Waals surface area contributed by atoms with Crippen molar-refractivity contribution in [3.63, 3.8) is 0 Å². The maximum atomic E-state index is 11.5. The molecule has 3 N–H and O–H groups in total. The van der Waals surface area contributed by atoms with E-state index in [1.807, 2.05) is 6.92 Å². The van der Waals surface area contributed by atoms with Gasteiger partial charge in [-0.2, -0.15) is 0 Å². The molecular formula is C14H29IN4O2. The van der Waals surface area contributed by atoms with Crippen LogP contribution >= 0.6 is 24.0 Å². The Morgan fingerprint density at radius 1 is 1.29 bits per heavy atom. The first-order valence-corrected chi connectivity index (χ1v) is 7.54. The van der Waals surface area contributed by atoms with E-state index in [-0.39, 0.29) is 36.1 Å². The van der Waals surface area contributed by atoms with Gasteiger partial charge in [-0.25, -0.2) is 4.79 Å². The number of nitrogens with one attached hydrogen (secondary N) is 3. The molecule has 0 radical (unpaired) electrons. The summed E-state index contributed by atoms with van der Waals surface area (Å²) in [5.41, 5.74) is 0. The van der Waals surface area contributed by atoms with Crippen molar-refractivity contribution < 1.29 is 9.53 Å². The molecule has 6 nitrogen and oxygen atoms in total. The SMILES string of the molecule is CCNC(=NCC(NC(=O)OCC)C1CC1)NC(C)C.I. The first-order chi connectivity index (χ1) is 9.56. The van der Waals surface area contributed by atoms with Gasteiger partial charge < -0.3 is 20.7 Å². The first-order valence-electron chi connectivity index (χ1n) is 7.54. The molecule has 0 aliphatic heterocycles. The molecule has 0 heterocycles. The van der Waals surface area contributed by atoms with Crippen molar-refractivity contribution in [2.45, 2.75) is 52.6 Å². The fraction of sp³-hybridized carbons (Fsp3) is 0.857. The summed E-state index contributed by atoms with van der Waals surface area (Å²) in [5, 5.41) is 9.38. The highest BCUT2D eigenvalue weighted by Gasteiger charge is 2.32. The zero-order valence-electron chi connectivity index (χ0n) is 13.4. The van der Waals surface area contributed by atoms with Gasteiger partial charge in [0.15, 0.2) is 5.96 Å². The average molecular weight is 412 g/mol. The maximum absolute atomic E-state index is 11.5. The Morgan fingerprint density at radius 3 is 2.43 bits per heavy atom. The largest absolute Gasteiger partial charge is 0.450 e. The van der Waals surface area contributed by atoms with Crippen molar-refractivity contribution in [3.8, 4) is 0 Å². The number of carbonyl (C=O) groups is 1. The lowest BCUT2D eigenvalue weighted by Gasteiger charge is -2.18. The topological polar surface area (TPSA) is 74.8 Å². The van der Waals surface area contributed by atoms with E-state index in [2.05, 4.69) is 34.8 Å². The lowest BCUT2D eigenvalue weighted by atomic mass is 10.2. The number of halogens is 1. The van der Waals surface area contributed by atoms with Gasteiger partial charge in [0, 0.05) is 12.6 Å². The van der Waals surface area contributed by atoms with Crippen LogP contribution in [0.15, 0.2) is 4.99 Å². The van der Waals surface area contributed by atoms with Crippen LogP contribution in [0.3, 0.4) is 0 Å². The first kappa shape index (κ1) is 20.3. The summed E-state index contributed by atoms with van der Waals surface area (Å²) in [5.74, 6) is 1.32. The minimum Gasteiger partial charge on any atom is -0.450 e. The zero-order chi connectivity index (χ0) is 15.0. The molecule has 1 rings (SSSR count). The van der Waals surface area contributed by atoms with Gasteiger partial charge in [-0.15, -0.1) is 24.0 Å². The molecule has 1 unspecified atom stereocenters. The predicted octanol–water partition coefficient (Wildman–Crippen LogP) is 2.09. The summed E-state index contributed by atoms with van der Waals surface area (Å²) < 4.78 is 4.94. The maximum Gasteiger partial charge on any atom is 0.407 e. The number of aliphatic imine (C=N–C) groups is 1. The number of ether oxygens (including phenoxy) is 1. The highest BCUT2D eigenvalue weighted by molar-refractivity contribution is 14.0. The number of nitrogens with zero attached hydrogens (tertiary/aromatic N) is 1. The minimum atomic E-state index is -0.346. The van der Waals surface area contributed by atoms with E-state index in [1.54, 1.807) is 6.92 Å².